The van der Waals surface area contributed by atoms with Crippen molar-refractivity contribution in [2.24, 2.45) is 11.3 Å². The zero-order chi connectivity index (χ0) is 15.3. The number of piperidine rings is 1. The van der Waals surface area contributed by atoms with Crippen LogP contribution in [0.4, 0.5) is 0 Å². The Bertz CT molecular complexity index is 374. The van der Waals surface area contributed by atoms with E-state index in [1.807, 2.05) is 4.90 Å². The largest absolute Gasteiger partial charge is 0.481 e. The first-order valence-electron chi connectivity index (χ1n) is 8.58. The number of carboxylic acid groups (broad SMARTS) is 1. The number of nitrogens with zero attached hydrogens (tertiary/aromatic N) is 1. The van der Waals surface area contributed by atoms with Crippen LogP contribution in [0.2, 0.25) is 0 Å². The summed E-state index contributed by atoms with van der Waals surface area (Å²) in [6, 6.07) is 0. The summed E-state index contributed by atoms with van der Waals surface area (Å²) in [5, 5.41) is 8.82. The predicted octanol–water partition coefficient (Wildman–Crippen LogP) is 3.45. The van der Waals surface area contributed by atoms with Crippen LogP contribution in [0.3, 0.4) is 0 Å². The molecule has 2 rings (SSSR count). The Balaban J connectivity index is 1.95. The van der Waals surface area contributed by atoms with Crippen LogP contribution in [0.1, 0.15) is 71.1 Å². The van der Waals surface area contributed by atoms with E-state index in [1.54, 1.807) is 0 Å². The lowest BCUT2D eigenvalue weighted by Gasteiger charge is -2.42. The number of rotatable bonds is 5. The van der Waals surface area contributed by atoms with Crippen LogP contribution in [0.25, 0.3) is 0 Å². The van der Waals surface area contributed by atoms with E-state index in [2.05, 4.69) is 6.92 Å². The summed E-state index contributed by atoms with van der Waals surface area (Å²) in [5.41, 5.74) is -0.118. The highest BCUT2D eigenvalue weighted by molar-refractivity contribution is 5.83. The van der Waals surface area contributed by atoms with Gasteiger partial charge in [0.25, 0.3) is 0 Å². The Morgan fingerprint density at radius 3 is 2.52 bits per heavy atom. The van der Waals surface area contributed by atoms with Crippen LogP contribution in [0, 0.1) is 11.3 Å². The van der Waals surface area contributed by atoms with Gasteiger partial charge >= 0.3 is 5.97 Å². The van der Waals surface area contributed by atoms with Gasteiger partial charge in [-0.1, -0.05) is 26.2 Å². The first-order chi connectivity index (χ1) is 10.1. The number of carbonyl (C=O) groups is 2. The Morgan fingerprint density at radius 1 is 1.19 bits per heavy atom. The maximum Gasteiger partial charge on any atom is 0.303 e. The molecule has 1 unspecified atom stereocenters. The molecule has 1 saturated heterocycles. The summed E-state index contributed by atoms with van der Waals surface area (Å²) >= 11 is 0. The third-order valence-electron chi connectivity index (χ3n) is 5.51. The summed E-state index contributed by atoms with van der Waals surface area (Å²) in [6.07, 6.45) is 9.66. The van der Waals surface area contributed by atoms with E-state index >= 15 is 0 Å². The summed E-state index contributed by atoms with van der Waals surface area (Å²) in [6.45, 7) is 3.78. The number of carboxylic acids is 1. The van der Waals surface area contributed by atoms with Gasteiger partial charge < -0.3 is 10.0 Å². The first-order valence-corrected chi connectivity index (χ1v) is 8.58. The number of carbonyl (C=O) groups excluding carboxylic acids is 1. The highest BCUT2D eigenvalue weighted by Crippen LogP contribution is 2.41. The van der Waals surface area contributed by atoms with Gasteiger partial charge in [0.1, 0.15) is 0 Å². The number of amides is 1. The predicted molar refractivity (Wildman–Crippen MR) is 82.0 cm³/mol. The summed E-state index contributed by atoms with van der Waals surface area (Å²) < 4.78 is 0. The highest BCUT2D eigenvalue weighted by Gasteiger charge is 2.41. The standard InChI is InChI=1S/C17H29NO3/c1-2-17(10-4-3-5-11-17)16(21)18-12-6-7-14(13-18)8-9-15(19)20/h14H,2-13H2,1H3,(H,19,20). The van der Waals surface area contributed by atoms with Gasteiger partial charge in [0.05, 0.1) is 0 Å². The summed E-state index contributed by atoms with van der Waals surface area (Å²) in [7, 11) is 0. The van der Waals surface area contributed by atoms with Crippen LogP contribution in [-0.2, 0) is 9.59 Å². The minimum atomic E-state index is -0.726. The molecule has 1 atom stereocenters. The van der Waals surface area contributed by atoms with E-state index in [9.17, 15) is 9.59 Å². The fourth-order valence-corrected chi connectivity index (χ4v) is 4.10. The molecule has 120 valence electrons. The fourth-order valence-electron chi connectivity index (χ4n) is 4.10. The van der Waals surface area contributed by atoms with Crippen LogP contribution in [0.15, 0.2) is 0 Å². The number of hydrogen-bond donors (Lipinski definition) is 1. The zero-order valence-corrected chi connectivity index (χ0v) is 13.3. The van der Waals surface area contributed by atoms with Crippen molar-refractivity contribution in [2.75, 3.05) is 13.1 Å². The number of hydrogen-bond acceptors (Lipinski definition) is 2. The average molecular weight is 295 g/mol. The first kappa shape index (κ1) is 16.3. The maximum atomic E-state index is 13.0. The quantitative estimate of drug-likeness (QED) is 0.845. The molecule has 0 bridgehead atoms. The SMILES string of the molecule is CCC1(C(=O)N2CCCC(CCC(=O)O)C2)CCCCC1. The van der Waals surface area contributed by atoms with Crippen molar-refractivity contribution in [3.8, 4) is 0 Å². The van der Waals surface area contributed by atoms with Crippen LogP contribution < -0.4 is 0 Å². The monoisotopic (exact) mass is 295 g/mol. The van der Waals surface area contributed by atoms with Gasteiger partial charge in [-0.3, -0.25) is 9.59 Å². The zero-order valence-electron chi connectivity index (χ0n) is 13.3. The van der Waals surface area contributed by atoms with Gasteiger partial charge in [-0.05, 0) is 44.4 Å². The lowest BCUT2D eigenvalue weighted by Crippen LogP contribution is -2.48. The van der Waals surface area contributed by atoms with Crippen LogP contribution in [-0.4, -0.2) is 35.0 Å². The van der Waals surface area contributed by atoms with Crippen molar-refractivity contribution in [3.05, 3.63) is 0 Å². The van der Waals surface area contributed by atoms with Crippen LogP contribution in [0.5, 0.6) is 0 Å². The molecular weight excluding hydrogens is 266 g/mol. The molecule has 2 fully saturated rings. The second-order valence-electron chi connectivity index (χ2n) is 6.89. The molecule has 0 aromatic carbocycles. The average Bonchev–Trinajstić information content (AvgIpc) is 2.53. The number of likely N-dealkylation sites (tertiary alicyclic amines) is 1. The molecule has 4 nitrogen and oxygen atoms in total. The van der Waals surface area contributed by atoms with Gasteiger partial charge in [-0.2, -0.15) is 0 Å². The van der Waals surface area contributed by atoms with Gasteiger partial charge in [0, 0.05) is 24.9 Å². The Morgan fingerprint density at radius 2 is 1.90 bits per heavy atom. The maximum absolute atomic E-state index is 13.0. The molecule has 21 heavy (non-hydrogen) atoms. The van der Waals surface area contributed by atoms with Crippen molar-refractivity contribution >= 4 is 11.9 Å². The van der Waals surface area contributed by atoms with E-state index in [4.69, 9.17) is 5.11 Å². The normalized spacial score (nSPS) is 25.6. The molecule has 1 amide bonds. The molecule has 2 aliphatic rings. The fraction of sp³-hybridized carbons (Fsp3) is 0.882. The van der Waals surface area contributed by atoms with Crippen molar-refractivity contribution in [2.45, 2.75) is 71.1 Å². The molecule has 1 saturated carbocycles. The van der Waals surface area contributed by atoms with Crippen molar-refractivity contribution < 1.29 is 14.7 Å². The molecule has 0 spiro atoms. The van der Waals surface area contributed by atoms with E-state index in [0.717, 1.165) is 45.2 Å². The Kier molecular flexibility index (Phi) is 5.65. The smallest absolute Gasteiger partial charge is 0.303 e. The Labute approximate surface area is 127 Å². The third kappa shape index (κ3) is 3.98. The van der Waals surface area contributed by atoms with E-state index in [0.29, 0.717) is 18.2 Å². The van der Waals surface area contributed by atoms with Gasteiger partial charge in [0.2, 0.25) is 5.91 Å². The minimum absolute atomic E-state index is 0.118. The minimum Gasteiger partial charge on any atom is -0.481 e. The Hall–Kier alpha value is -1.06. The van der Waals surface area contributed by atoms with Gasteiger partial charge in [-0.15, -0.1) is 0 Å². The highest BCUT2D eigenvalue weighted by atomic mass is 16.4. The summed E-state index contributed by atoms with van der Waals surface area (Å²) in [5.74, 6) is -0.00298. The van der Waals surface area contributed by atoms with Crippen LogP contribution >= 0.6 is 0 Å². The number of aliphatic carboxylic acids is 1. The van der Waals surface area contributed by atoms with E-state index in [-0.39, 0.29) is 11.8 Å². The second-order valence-corrected chi connectivity index (χ2v) is 6.89. The molecule has 1 aliphatic heterocycles. The second kappa shape index (κ2) is 7.28. The van der Waals surface area contributed by atoms with Gasteiger partial charge in [0.15, 0.2) is 0 Å². The molecule has 4 heteroatoms. The topological polar surface area (TPSA) is 57.6 Å². The van der Waals surface area contributed by atoms with Crippen molar-refractivity contribution in [3.63, 3.8) is 0 Å². The van der Waals surface area contributed by atoms with Gasteiger partial charge in [-0.25, -0.2) is 0 Å². The molecule has 0 aromatic heterocycles. The van der Waals surface area contributed by atoms with Crippen molar-refractivity contribution in [1.29, 1.82) is 0 Å². The van der Waals surface area contributed by atoms with E-state index in [1.165, 1.54) is 19.3 Å². The molecule has 0 radical (unpaired) electrons. The molecular formula is C17H29NO3. The molecule has 1 heterocycles. The third-order valence-corrected chi connectivity index (χ3v) is 5.51. The molecule has 1 N–H and O–H groups in total. The van der Waals surface area contributed by atoms with Crippen molar-refractivity contribution in [1.82, 2.24) is 4.90 Å². The summed E-state index contributed by atoms with van der Waals surface area (Å²) in [4.78, 5) is 25.8. The molecule has 1 aliphatic carbocycles. The molecule has 0 aromatic rings. The lowest BCUT2D eigenvalue weighted by molar-refractivity contribution is -0.146. The van der Waals surface area contributed by atoms with E-state index < -0.39 is 5.97 Å². The lowest BCUT2D eigenvalue weighted by atomic mass is 9.71.